The lowest BCUT2D eigenvalue weighted by atomic mass is 10.3. The first-order valence-electron chi connectivity index (χ1n) is 5.44. The lowest BCUT2D eigenvalue weighted by molar-refractivity contribution is 0.641. The van der Waals surface area contributed by atoms with Gasteiger partial charge >= 0.3 is 0 Å². The Kier molecular flexibility index (Phi) is 4.59. The number of aliphatic imine (C=N–C) groups is 3. The molecule has 0 fully saturated rings. The number of rotatable bonds is 4. The van der Waals surface area contributed by atoms with Crippen LogP contribution in [0.25, 0.3) is 0 Å². The van der Waals surface area contributed by atoms with Gasteiger partial charge in [0.25, 0.3) is 0 Å². The normalized spacial score (nSPS) is 18.3. The van der Waals surface area contributed by atoms with Crippen molar-refractivity contribution in [3.8, 4) is 0 Å². The second kappa shape index (κ2) is 5.95. The Bertz CT molecular complexity index is 440. The first-order chi connectivity index (χ1) is 8.45. The van der Waals surface area contributed by atoms with Gasteiger partial charge in [-0.15, -0.1) is 0 Å². The van der Waals surface area contributed by atoms with Gasteiger partial charge in [-0.2, -0.15) is 0 Å². The molecule has 0 spiro atoms. The quantitative estimate of drug-likeness (QED) is 0.543. The molecule has 0 atom stereocenters. The van der Waals surface area contributed by atoms with Crippen molar-refractivity contribution >= 4 is 24.3 Å². The van der Waals surface area contributed by atoms with Crippen molar-refractivity contribution in [2.45, 2.75) is 0 Å². The highest BCUT2D eigenvalue weighted by Crippen LogP contribution is 2.16. The third-order valence-corrected chi connectivity index (χ3v) is 1.99. The molecule has 0 aromatic carbocycles. The highest BCUT2D eigenvalue weighted by molar-refractivity contribution is 6.22. The molecule has 18 heavy (non-hydrogen) atoms. The third-order valence-electron chi connectivity index (χ3n) is 1.99. The van der Waals surface area contributed by atoms with Crippen LogP contribution in [-0.4, -0.2) is 69.4 Å². The molecular formula is C11H19N7. The van der Waals surface area contributed by atoms with Gasteiger partial charge in [-0.25, -0.2) is 9.98 Å². The molecule has 0 saturated heterocycles. The van der Waals surface area contributed by atoms with Gasteiger partial charge < -0.3 is 15.1 Å². The van der Waals surface area contributed by atoms with Crippen molar-refractivity contribution in [3.63, 3.8) is 0 Å². The van der Waals surface area contributed by atoms with E-state index in [1.807, 2.05) is 33.1 Å². The van der Waals surface area contributed by atoms with Crippen LogP contribution in [0.2, 0.25) is 0 Å². The second-order valence-electron chi connectivity index (χ2n) is 4.19. The van der Waals surface area contributed by atoms with E-state index in [-0.39, 0.29) is 5.84 Å². The van der Waals surface area contributed by atoms with Crippen LogP contribution in [0.5, 0.6) is 0 Å². The van der Waals surface area contributed by atoms with Crippen LogP contribution in [-0.2, 0) is 0 Å². The third kappa shape index (κ3) is 3.41. The molecule has 98 valence electrons. The lowest BCUT2D eigenvalue weighted by Gasteiger charge is -2.04. The van der Waals surface area contributed by atoms with Gasteiger partial charge in [0.15, 0.2) is 11.7 Å². The molecule has 7 heteroatoms. The van der Waals surface area contributed by atoms with Crippen LogP contribution in [0.4, 0.5) is 0 Å². The Morgan fingerprint density at radius 2 is 1.50 bits per heavy atom. The molecule has 1 rings (SSSR count). The largest absolute Gasteiger partial charge is 0.369 e. The summed E-state index contributed by atoms with van der Waals surface area (Å²) in [7, 11) is 9.15. The summed E-state index contributed by atoms with van der Waals surface area (Å²) in [5.41, 5.74) is 1.07. The summed E-state index contributed by atoms with van der Waals surface area (Å²) < 4.78 is 0. The van der Waals surface area contributed by atoms with Gasteiger partial charge in [-0.1, -0.05) is 0 Å². The molecule has 0 saturated carbocycles. The number of hydrogen-bond donors (Lipinski definition) is 2. The average Bonchev–Trinajstić information content (AvgIpc) is 2.59. The molecule has 1 heterocycles. The Morgan fingerprint density at radius 1 is 1.00 bits per heavy atom. The van der Waals surface area contributed by atoms with E-state index >= 15 is 0 Å². The molecule has 7 nitrogen and oxygen atoms in total. The van der Waals surface area contributed by atoms with Gasteiger partial charge in [0.1, 0.15) is 11.4 Å². The van der Waals surface area contributed by atoms with Crippen LogP contribution in [0.15, 0.2) is 26.4 Å². The second-order valence-corrected chi connectivity index (χ2v) is 4.19. The van der Waals surface area contributed by atoms with E-state index in [1.165, 1.54) is 0 Å². The van der Waals surface area contributed by atoms with E-state index in [0.717, 1.165) is 0 Å². The van der Waals surface area contributed by atoms with Gasteiger partial charge in [0.05, 0.1) is 12.7 Å². The Balaban J connectivity index is 3.15. The van der Waals surface area contributed by atoms with E-state index < -0.39 is 0 Å². The molecule has 0 amide bonds. The molecule has 0 radical (unpaired) electrons. The maximum Gasteiger partial charge on any atom is 0.155 e. The monoisotopic (exact) mass is 249 g/mol. The summed E-state index contributed by atoms with van der Waals surface area (Å²) in [5.74, 6) is 0.767. The van der Waals surface area contributed by atoms with Gasteiger partial charge in [-0.05, 0) is 0 Å². The fourth-order valence-corrected chi connectivity index (χ4v) is 1.22. The fraction of sp³-hybridized carbons (Fsp3) is 0.455. The molecule has 1 aliphatic heterocycles. The zero-order valence-electron chi connectivity index (χ0n) is 11.4. The molecule has 0 bridgehead atoms. The summed E-state index contributed by atoms with van der Waals surface area (Å²) in [4.78, 5) is 16.2. The lowest BCUT2D eigenvalue weighted by Crippen LogP contribution is -2.23. The molecule has 2 N–H and O–H groups in total. The molecule has 0 aromatic rings. The van der Waals surface area contributed by atoms with E-state index in [2.05, 4.69) is 20.3 Å². The smallest absolute Gasteiger partial charge is 0.155 e. The summed E-state index contributed by atoms with van der Waals surface area (Å²) in [6.07, 6.45) is 3.29. The predicted octanol–water partition coefficient (Wildman–Crippen LogP) is -0.0134. The van der Waals surface area contributed by atoms with Crippen molar-refractivity contribution < 1.29 is 0 Å². The van der Waals surface area contributed by atoms with Crippen LogP contribution in [0, 0.1) is 5.41 Å². The molecule has 0 aliphatic carbocycles. The number of nitrogens with one attached hydrogen (secondary N) is 2. The maximum absolute atomic E-state index is 7.83. The Labute approximate surface area is 107 Å². The van der Waals surface area contributed by atoms with Crippen molar-refractivity contribution in [2.75, 3.05) is 35.2 Å². The maximum atomic E-state index is 7.83. The van der Waals surface area contributed by atoms with E-state index in [1.54, 1.807) is 24.6 Å². The predicted molar refractivity (Wildman–Crippen MR) is 75.6 cm³/mol. The standard InChI is InChI=1S/C11H19N7/c1-13-11-9(15-7-18(4)5)8(10(12)16-11)14-6-17(2)3/h6-7H,1-5H3,(H2,12,13,16). The summed E-state index contributed by atoms with van der Waals surface area (Å²) in [6, 6.07) is 0. The van der Waals surface area contributed by atoms with Crippen LogP contribution in [0.1, 0.15) is 0 Å². The number of hydrogen-bond acceptors (Lipinski definition) is 4. The van der Waals surface area contributed by atoms with Gasteiger partial charge in [-0.3, -0.25) is 10.4 Å². The van der Waals surface area contributed by atoms with Gasteiger partial charge in [0, 0.05) is 35.2 Å². The first kappa shape index (κ1) is 13.9. The number of amidine groups is 2. The molecule has 0 unspecified atom stereocenters. The van der Waals surface area contributed by atoms with Crippen LogP contribution in [0.3, 0.4) is 0 Å². The molecular weight excluding hydrogens is 230 g/mol. The highest BCUT2D eigenvalue weighted by atomic mass is 15.2. The van der Waals surface area contributed by atoms with Crippen molar-refractivity contribution in [3.05, 3.63) is 11.4 Å². The van der Waals surface area contributed by atoms with E-state index in [4.69, 9.17) is 5.41 Å². The number of nitrogens with zero attached hydrogens (tertiary/aromatic N) is 5. The zero-order chi connectivity index (χ0) is 13.7. The average molecular weight is 249 g/mol. The Hall–Kier alpha value is -2.18. The van der Waals surface area contributed by atoms with Crippen LogP contribution >= 0.6 is 0 Å². The van der Waals surface area contributed by atoms with Crippen molar-refractivity contribution in [2.24, 2.45) is 15.0 Å². The van der Waals surface area contributed by atoms with E-state index in [0.29, 0.717) is 17.2 Å². The minimum atomic E-state index is 0.208. The summed E-state index contributed by atoms with van der Waals surface area (Å²) in [5, 5.41) is 10.7. The summed E-state index contributed by atoms with van der Waals surface area (Å²) >= 11 is 0. The fourth-order valence-electron chi connectivity index (χ4n) is 1.22. The topological polar surface area (TPSA) is 79.4 Å². The first-order valence-corrected chi connectivity index (χ1v) is 5.44. The Morgan fingerprint density at radius 3 is 1.94 bits per heavy atom. The highest BCUT2D eigenvalue weighted by Gasteiger charge is 2.24. The van der Waals surface area contributed by atoms with Crippen molar-refractivity contribution in [1.82, 2.24) is 15.1 Å². The minimum Gasteiger partial charge on any atom is -0.369 e. The zero-order valence-corrected chi connectivity index (χ0v) is 11.4. The van der Waals surface area contributed by atoms with Crippen molar-refractivity contribution in [1.29, 1.82) is 5.41 Å². The minimum absolute atomic E-state index is 0.208. The van der Waals surface area contributed by atoms with Gasteiger partial charge in [0.2, 0.25) is 0 Å². The van der Waals surface area contributed by atoms with E-state index in [9.17, 15) is 0 Å². The SMILES string of the molecule is CN=C1NC(=N)C(N=CN(C)C)=C1N=CN(C)C. The summed E-state index contributed by atoms with van der Waals surface area (Å²) in [6.45, 7) is 0. The molecule has 1 aliphatic rings. The molecule has 0 aromatic heterocycles. The van der Waals surface area contributed by atoms with Crippen LogP contribution < -0.4 is 5.32 Å².